The third kappa shape index (κ3) is 1.08. The Morgan fingerprint density at radius 3 is 3.00 bits per heavy atom. The summed E-state index contributed by atoms with van der Waals surface area (Å²) in [5.41, 5.74) is 0.676. The molecule has 0 fully saturated rings. The molecule has 0 aromatic heterocycles. The minimum absolute atomic E-state index is 0.111. The average Bonchev–Trinajstić information content (AvgIpc) is 2.04. The summed E-state index contributed by atoms with van der Waals surface area (Å²) in [4.78, 5) is 16.7. The molecule has 0 amide bonds. The van der Waals surface area contributed by atoms with Crippen LogP contribution in [0.2, 0.25) is 0 Å². The van der Waals surface area contributed by atoms with Crippen LogP contribution in [-0.2, 0) is 0 Å². The van der Waals surface area contributed by atoms with Crippen LogP contribution < -0.4 is 4.84 Å². The summed E-state index contributed by atoms with van der Waals surface area (Å²) in [6.45, 7) is 0.330. The van der Waals surface area contributed by atoms with Crippen molar-refractivity contribution in [2.45, 2.75) is 0 Å². The van der Waals surface area contributed by atoms with Gasteiger partial charge in [-0.2, -0.15) is 0 Å². The van der Waals surface area contributed by atoms with Gasteiger partial charge in [0.1, 0.15) is 0 Å². The monoisotopic (exact) mass is 163 g/mol. The summed E-state index contributed by atoms with van der Waals surface area (Å²) in [6.07, 6.45) is 0. The molecule has 1 aliphatic heterocycles. The highest BCUT2D eigenvalue weighted by Crippen LogP contribution is 2.22. The lowest BCUT2D eigenvalue weighted by Crippen LogP contribution is -2.34. The molecular weight excluding hydrogens is 154 g/mol. The first kappa shape index (κ1) is 7.31. The molecule has 0 aliphatic carbocycles. The molecule has 0 N–H and O–H groups in total. The molecule has 1 aliphatic rings. The number of ketones is 1. The summed E-state index contributed by atoms with van der Waals surface area (Å²) >= 11 is 0. The Balaban J connectivity index is 2.47. The van der Waals surface area contributed by atoms with Gasteiger partial charge in [0, 0.05) is 7.05 Å². The lowest BCUT2D eigenvalue weighted by Gasteiger charge is -2.23. The molecule has 0 spiro atoms. The molecule has 1 aromatic carbocycles. The number of hydrogen-bond donors (Lipinski definition) is 0. The van der Waals surface area contributed by atoms with Gasteiger partial charge in [-0.1, -0.05) is 12.1 Å². The van der Waals surface area contributed by atoms with Crippen molar-refractivity contribution < 1.29 is 9.63 Å². The van der Waals surface area contributed by atoms with E-state index in [-0.39, 0.29) is 5.78 Å². The van der Waals surface area contributed by atoms with Crippen LogP contribution in [0.25, 0.3) is 0 Å². The molecule has 0 saturated carbocycles. The highest BCUT2D eigenvalue weighted by molar-refractivity contribution is 6.00. The molecule has 0 saturated heterocycles. The number of likely N-dealkylation sites (N-methyl/N-ethyl adjacent to an activating group) is 1. The molecule has 0 atom stereocenters. The molecule has 62 valence electrons. The van der Waals surface area contributed by atoms with Gasteiger partial charge < -0.3 is 4.84 Å². The number of nitrogens with zero attached hydrogens (tertiary/aromatic N) is 1. The zero-order valence-electron chi connectivity index (χ0n) is 6.78. The van der Waals surface area contributed by atoms with Crippen molar-refractivity contribution in [2.24, 2.45) is 0 Å². The van der Waals surface area contributed by atoms with Crippen molar-refractivity contribution in [2.75, 3.05) is 13.6 Å². The van der Waals surface area contributed by atoms with Crippen LogP contribution in [0, 0.1) is 0 Å². The number of fused-ring (bicyclic) bond motifs is 1. The largest absolute Gasteiger partial charge is 0.405 e. The minimum atomic E-state index is 0.111. The lowest BCUT2D eigenvalue weighted by atomic mass is 10.1. The van der Waals surface area contributed by atoms with E-state index in [2.05, 4.69) is 0 Å². The fourth-order valence-corrected chi connectivity index (χ4v) is 1.26. The summed E-state index contributed by atoms with van der Waals surface area (Å²) < 4.78 is 0. The molecule has 3 heteroatoms. The first-order chi connectivity index (χ1) is 5.77. The van der Waals surface area contributed by atoms with E-state index in [0.29, 0.717) is 17.9 Å². The number of rotatable bonds is 0. The van der Waals surface area contributed by atoms with E-state index in [1.54, 1.807) is 19.2 Å². The Morgan fingerprint density at radius 2 is 2.17 bits per heavy atom. The van der Waals surface area contributed by atoms with Crippen molar-refractivity contribution in [1.82, 2.24) is 5.06 Å². The summed E-state index contributed by atoms with van der Waals surface area (Å²) in [5, 5.41) is 1.53. The fraction of sp³-hybridized carbons (Fsp3) is 0.222. The van der Waals surface area contributed by atoms with E-state index in [0.717, 1.165) is 0 Å². The maximum atomic E-state index is 11.4. The predicted octanol–water partition coefficient (Wildman–Crippen LogP) is 1.11. The second-order valence-corrected chi connectivity index (χ2v) is 2.80. The number of carbonyl (C=O) groups is 1. The van der Waals surface area contributed by atoms with Gasteiger partial charge in [-0.05, 0) is 12.1 Å². The Kier molecular flexibility index (Phi) is 1.59. The smallest absolute Gasteiger partial charge is 0.184 e. The van der Waals surface area contributed by atoms with Crippen molar-refractivity contribution in [1.29, 1.82) is 0 Å². The van der Waals surface area contributed by atoms with E-state index in [9.17, 15) is 4.79 Å². The molecular formula is C9H9NO2. The quantitative estimate of drug-likeness (QED) is 0.573. The van der Waals surface area contributed by atoms with Gasteiger partial charge >= 0.3 is 0 Å². The van der Waals surface area contributed by atoms with E-state index < -0.39 is 0 Å². The second-order valence-electron chi connectivity index (χ2n) is 2.80. The summed E-state index contributed by atoms with van der Waals surface area (Å²) in [5.74, 6) is 0.760. The Labute approximate surface area is 70.5 Å². The highest BCUT2D eigenvalue weighted by Gasteiger charge is 2.21. The second kappa shape index (κ2) is 2.60. The van der Waals surface area contributed by atoms with E-state index >= 15 is 0 Å². The van der Waals surface area contributed by atoms with Crippen molar-refractivity contribution in [3.63, 3.8) is 0 Å². The zero-order chi connectivity index (χ0) is 8.55. The maximum absolute atomic E-state index is 11.4. The van der Waals surface area contributed by atoms with Gasteiger partial charge in [0.15, 0.2) is 11.5 Å². The number of hydroxylamine groups is 2. The van der Waals surface area contributed by atoms with Gasteiger partial charge in [0.2, 0.25) is 0 Å². The summed E-state index contributed by atoms with van der Waals surface area (Å²) in [7, 11) is 1.74. The number of Topliss-reactive ketones (excluding diaryl/α,β-unsaturated/α-hetero) is 1. The van der Waals surface area contributed by atoms with Crippen molar-refractivity contribution in [3.05, 3.63) is 29.8 Å². The first-order valence-electron chi connectivity index (χ1n) is 3.79. The minimum Gasteiger partial charge on any atom is -0.405 e. The normalized spacial score (nSPS) is 16.9. The molecule has 0 unspecified atom stereocenters. The van der Waals surface area contributed by atoms with Gasteiger partial charge in [-0.15, -0.1) is 5.06 Å². The third-order valence-corrected chi connectivity index (χ3v) is 1.81. The van der Waals surface area contributed by atoms with Crippen LogP contribution in [-0.4, -0.2) is 24.4 Å². The fourth-order valence-electron chi connectivity index (χ4n) is 1.26. The van der Waals surface area contributed by atoms with Crippen molar-refractivity contribution in [3.8, 4) is 5.75 Å². The molecule has 0 radical (unpaired) electrons. The van der Waals surface area contributed by atoms with Crippen LogP contribution in [0.15, 0.2) is 24.3 Å². The average molecular weight is 163 g/mol. The Morgan fingerprint density at radius 1 is 1.42 bits per heavy atom. The molecule has 2 rings (SSSR count). The predicted molar refractivity (Wildman–Crippen MR) is 44.0 cm³/mol. The van der Waals surface area contributed by atoms with Gasteiger partial charge in [-0.3, -0.25) is 4.79 Å². The maximum Gasteiger partial charge on any atom is 0.184 e. The van der Waals surface area contributed by atoms with Crippen LogP contribution >= 0.6 is 0 Å². The van der Waals surface area contributed by atoms with Crippen LogP contribution in [0.5, 0.6) is 5.75 Å². The zero-order valence-corrected chi connectivity index (χ0v) is 6.78. The standard InChI is InChI=1S/C9H9NO2/c1-10-6-8(11)7-4-2-3-5-9(7)12-10/h2-5H,6H2,1H3. The number of benzene rings is 1. The number of hydrogen-bond acceptors (Lipinski definition) is 3. The highest BCUT2D eigenvalue weighted by atomic mass is 16.7. The van der Waals surface area contributed by atoms with E-state index in [1.165, 1.54) is 5.06 Å². The van der Waals surface area contributed by atoms with Crippen LogP contribution in [0.4, 0.5) is 0 Å². The molecule has 12 heavy (non-hydrogen) atoms. The van der Waals surface area contributed by atoms with Crippen molar-refractivity contribution >= 4 is 5.78 Å². The van der Waals surface area contributed by atoms with Crippen LogP contribution in [0.3, 0.4) is 0 Å². The Hall–Kier alpha value is -1.35. The third-order valence-electron chi connectivity index (χ3n) is 1.81. The molecule has 3 nitrogen and oxygen atoms in total. The molecule has 1 heterocycles. The lowest BCUT2D eigenvalue weighted by molar-refractivity contribution is -0.0332. The van der Waals surface area contributed by atoms with Gasteiger partial charge in [0.05, 0.1) is 12.1 Å². The van der Waals surface area contributed by atoms with Gasteiger partial charge in [0.25, 0.3) is 0 Å². The first-order valence-corrected chi connectivity index (χ1v) is 3.79. The van der Waals surface area contributed by atoms with Crippen LogP contribution in [0.1, 0.15) is 10.4 Å². The van der Waals surface area contributed by atoms with E-state index in [1.807, 2.05) is 12.1 Å². The topological polar surface area (TPSA) is 29.5 Å². The number of carbonyl (C=O) groups excluding carboxylic acids is 1. The SMILES string of the molecule is CN1CC(=O)c2ccccc2O1. The Bertz CT molecular complexity index is 322. The van der Waals surface area contributed by atoms with E-state index in [4.69, 9.17) is 4.84 Å². The number of para-hydroxylation sites is 1. The molecule has 0 bridgehead atoms. The summed E-state index contributed by atoms with van der Waals surface area (Å²) in [6, 6.07) is 7.27. The molecule has 1 aromatic rings. The van der Waals surface area contributed by atoms with Gasteiger partial charge in [-0.25, -0.2) is 0 Å².